The zero-order chi connectivity index (χ0) is 11.0. The molecule has 1 unspecified atom stereocenters. The molecule has 0 aromatic carbocycles. The third-order valence-electron chi connectivity index (χ3n) is 4.65. The Morgan fingerprint density at radius 2 is 2.06 bits per heavy atom. The van der Waals surface area contributed by atoms with E-state index in [4.69, 9.17) is 0 Å². The normalized spacial score (nSPS) is 31.4. The third kappa shape index (κ3) is 2.10. The van der Waals surface area contributed by atoms with Crippen molar-refractivity contribution in [3.8, 4) is 0 Å². The molecule has 0 aromatic heterocycles. The first-order valence-electron chi connectivity index (χ1n) is 6.79. The molecule has 0 bridgehead atoms. The van der Waals surface area contributed by atoms with E-state index in [0.717, 1.165) is 32.0 Å². The summed E-state index contributed by atoms with van der Waals surface area (Å²) >= 11 is 0. The molecule has 1 saturated heterocycles. The highest BCUT2D eigenvalue weighted by Gasteiger charge is 2.57. The lowest BCUT2D eigenvalue weighted by Gasteiger charge is -2.23. The number of hydrogen-bond donors (Lipinski definition) is 2. The van der Waals surface area contributed by atoms with Gasteiger partial charge in [0, 0.05) is 12.5 Å². The van der Waals surface area contributed by atoms with Crippen molar-refractivity contribution in [2.75, 3.05) is 19.6 Å². The lowest BCUT2D eigenvalue weighted by Crippen LogP contribution is -2.34. The average molecular weight is 222 g/mol. The predicted octanol–water partition coefficient (Wildman–Crippen LogP) is 1.29. The van der Waals surface area contributed by atoms with Gasteiger partial charge in [-0.3, -0.25) is 4.79 Å². The molecule has 3 fully saturated rings. The number of rotatable bonds is 4. The molecular formula is C13H22N2O. The minimum absolute atomic E-state index is 0.336. The van der Waals surface area contributed by atoms with Crippen LogP contribution in [0.15, 0.2) is 0 Å². The van der Waals surface area contributed by atoms with Crippen LogP contribution in [0.4, 0.5) is 0 Å². The highest BCUT2D eigenvalue weighted by molar-refractivity contribution is 5.82. The van der Waals surface area contributed by atoms with Gasteiger partial charge in [-0.2, -0.15) is 0 Å². The fourth-order valence-corrected chi connectivity index (χ4v) is 3.12. The molecular weight excluding hydrogens is 200 g/mol. The maximum Gasteiger partial charge on any atom is 0.223 e. The molecule has 2 aliphatic carbocycles. The Hall–Kier alpha value is -0.570. The number of hydrogen-bond acceptors (Lipinski definition) is 2. The first kappa shape index (κ1) is 10.6. The fourth-order valence-electron chi connectivity index (χ4n) is 3.12. The lowest BCUT2D eigenvalue weighted by atomic mass is 9.92. The van der Waals surface area contributed by atoms with Crippen LogP contribution in [0.2, 0.25) is 0 Å². The second-order valence-corrected chi connectivity index (χ2v) is 5.89. The lowest BCUT2D eigenvalue weighted by molar-refractivity contribution is -0.123. The number of amides is 1. The van der Waals surface area contributed by atoms with Crippen LogP contribution in [0.25, 0.3) is 0 Å². The Kier molecular flexibility index (Phi) is 2.66. The number of carbonyl (C=O) groups excluding carboxylic acids is 1. The molecule has 1 spiro atoms. The molecule has 3 aliphatic rings. The van der Waals surface area contributed by atoms with Crippen molar-refractivity contribution in [2.24, 2.45) is 17.3 Å². The quantitative estimate of drug-likeness (QED) is 0.752. The van der Waals surface area contributed by atoms with Crippen LogP contribution in [-0.4, -0.2) is 25.5 Å². The van der Waals surface area contributed by atoms with Gasteiger partial charge in [-0.1, -0.05) is 12.8 Å². The average Bonchev–Trinajstić information content (AvgIpc) is 3.18. The van der Waals surface area contributed by atoms with E-state index >= 15 is 0 Å². The van der Waals surface area contributed by atoms with Gasteiger partial charge in [-0.15, -0.1) is 0 Å². The smallest absolute Gasteiger partial charge is 0.223 e. The molecule has 3 heteroatoms. The SMILES string of the molecule is O=C(NCCC1CC1)C1CC12CCNCC2. The van der Waals surface area contributed by atoms with Gasteiger partial charge in [-0.05, 0) is 50.1 Å². The van der Waals surface area contributed by atoms with Crippen molar-refractivity contribution < 1.29 is 4.79 Å². The van der Waals surface area contributed by atoms with Crippen molar-refractivity contribution in [1.29, 1.82) is 0 Å². The summed E-state index contributed by atoms with van der Waals surface area (Å²) in [5, 5.41) is 6.50. The monoisotopic (exact) mass is 222 g/mol. The van der Waals surface area contributed by atoms with E-state index in [2.05, 4.69) is 10.6 Å². The Morgan fingerprint density at radius 1 is 1.31 bits per heavy atom. The summed E-state index contributed by atoms with van der Waals surface area (Å²) in [6, 6.07) is 0. The van der Waals surface area contributed by atoms with Crippen molar-refractivity contribution in [2.45, 2.75) is 38.5 Å². The summed E-state index contributed by atoms with van der Waals surface area (Å²) < 4.78 is 0. The maximum absolute atomic E-state index is 11.9. The van der Waals surface area contributed by atoms with E-state index in [0.29, 0.717) is 17.2 Å². The topological polar surface area (TPSA) is 41.1 Å². The zero-order valence-corrected chi connectivity index (χ0v) is 9.93. The van der Waals surface area contributed by atoms with Gasteiger partial charge in [0.15, 0.2) is 0 Å². The third-order valence-corrected chi connectivity index (χ3v) is 4.65. The van der Waals surface area contributed by atoms with E-state index in [1.165, 1.54) is 32.1 Å². The molecule has 3 rings (SSSR count). The standard InChI is InChI=1S/C13H22N2O/c16-12(15-6-3-10-1-2-10)11-9-13(11)4-7-14-8-5-13/h10-11,14H,1-9H2,(H,15,16). The second-order valence-electron chi connectivity index (χ2n) is 5.89. The summed E-state index contributed by atoms with van der Waals surface area (Å²) in [6.45, 7) is 3.12. The first-order valence-corrected chi connectivity index (χ1v) is 6.79. The minimum atomic E-state index is 0.336. The van der Waals surface area contributed by atoms with Gasteiger partial charge in [0.05, 0.1) is 0 Å². The van der Waals surface area contributed by atoms with E-state index in [-0.39, 0.29) is 0 Å². The molecule has 16 heavy (non-hydrogen) atoms. The summed E-state index contributed by atoms with van der Waals surface area (Å²) in [5.74, 6) is 1.60. The van der Waals surface area contributed by atoms with Gasteiger partial charge in [-0.25, -0.2) is 0 Å². The zero-order valence-electron chi connectivity index (χ0n) is 9.93. The molecule has 1 heterocycles. The molecule has 1 atom stereocenters. The molecule has 1 amide bonds. The van der Waals surface area contributed by atoms with E-state index in [9.17, 15) is 4.79 Å². The molecule has 2 N–H and O–H groups in total. The van der Waals surface area contributed by atoms with Crippen LogP contribution < -0.4 is 10.6 Å². The predicted molar refractivity (Wildman–Crippen MR) is 63.0 cm³/mol. The van der Waals surface area contributed by atoms with Gasteiger partial charge in [0.25, 0.3) is 0 Å². The second kappa shape index (κ2) is 4.02. The van der Waals surface area contributed by atoms with Gasteiger partial charge < -0.3 is 10.6 Å². The molecule has 0 aromatic rings. The largest absolute Gasteiger partial charge is 0.356 e. The van der Waals surface area contributed by atoms with Crippen molar-refractivity contribution in [3.63, 3.8) is 0 Å². The summed E-state index contributed by atoms with van der Waals surface area (Å²) in [4.78, 5) is 11.9. The molecule has 90 valence electrons. The number of nitrogens with one attached hydrogen (secondary N) is 2. The Morgan fingerprint density at radius 3 is 2.75 bits per heavy atom. The van der Waals surface area contributed by atoms with Crippen molar-refractivity contribution in [3.05, 3.63) is 0 Å². The van der Waals surface area contributed by atoms with Gasteiger partial charge >= 0.3 is 0 Å². The maximum atomic E-state index is 11.9. The van der Waals surface area contributed by atoms with Crippen molar-refractivity contribution >= 4 is 5.91 Å². The minimum Gasteiger partial charge on any atom is -0.356 e. The summed E-state index contributed by atoms with van der Waals surface area (Å²) in [7, 11) is 0. The van der Waals surface area contributed by atoms with Crippen LogP contribution in [0.1, 0.15) is 38.5 Å². The van der Waals surface area contributed by atoms with Crippen LogP contribution in [0, 0.1) is 17.3 Å². The molecule has 3 nitrogen and oxygen atoms in total. The van der Waals surface area contributed by atoms with E-state index in [1.807, 2.05) is 0 Å². The van der Waals surface area contributed by atoms with Crippen LogP contribution in [0.3, 0.4) is 0 Å². The Bertz CT molecular complexity index is 280. The highest BCUT2D eigenvalue weighted by atomic mass is 16.2. The van der Waals surface area contributed by atoms with Gasteiger partial charge in [0.1, 0.15) is 0 Å². The van der Waals surface area contributed by atoms with Crippen LogP contribution in [0.5, 0.6) is 0 Å². The molecule has 1 aliphatic heterocycles. The van der Waals surface area contributed by atoms with Crippen LogP contribution in [-0.2, 0) is 4.79 Å². The Labute approximate surface area is 97.4 Å². The van der Waals surface area contributed by atoms with Gasteiger partial charge in [0.2, 0.25) is 5.91 Å². The first-order chi connectivity index (χ1) is 7.80. The molecule has 0 radical (unpaired) electrons. The van der Waals surface area contributed by atoms with E-state index in [1.54, 1.807) is 0 Å². The Balaban J connectivity index is 1.41. The highest BCUT2D eigenvalue weighted by Crippen LogP contribution is 2.58. The number of piperidine rings is 1. The van der Waals surface area contributed by atoms with Crippen molar-refractivity contribution in [1.82, 2.24) is 10.6 Å². The summed E-state index contributed by atoms with van der Waals surface area (Å²) in [6.07, 6.45) is 7.52. The summed E-state index contributed by atoms with van der Waals surface area (Å²) in [5.41, 5.74) is 0.398. The molecule has 2 saturated carbocycles. The van der Waals surface area contributed by atoms with Crippen LogP contribution >= 0.6 is 0 Å². The fraction of sp³-hybridized carbons (Fsp3) is 0.923. The van der Waals surface area contributed by atoms with E-state index < -0.39 is 0 Å². The number of carbonyl (C=O) groups is 1.